The van der Waals surface area contributed by atoms with Crippen molar-refractivity contribution < 1.29 is 26.7 Å². The standard InChI is InChI=1S/C30H33ClF5N7O/c1-14-8-21(37)39-26(23(14)30(34,35)36)22-20(31)9-19-25(24(22)33)40-28(41-27(19)42-12-17-4-5-18(13-42)38-17)44-15(2)29-6-3-7-43(29)11-16(32)10-29/h8-9,15-18,38H,3-7,10-13H2,1-2H3,(H2,37,39)/t15-,16+,17?,18?,29+/m0/s1. The van der Waals surface area contributed by atoms with Gasteiger partial charge in [0.05, 0.1) is 27.4 Å². The maximum absolute atomic E-state index is 16.7. The van der Waals surface area contributed by atoms with Gasteiger partial charge in [-0.2, -0.15) is 23.1 Å². The van der Waals surface area contributed by atoms with Crippen LogP contribution in [0.5, 0.6) is 6.01 Å². The highest BCUT2D eigenvalue weighted by Crippen LogP contribution is 2.46. The molecule has 0 radical (unpaired) electrons. The van der Waals surface area contributed by atoms with Gasteiger partial charge in [-0.1, -0.05) is 11.6 Å². The largest absolute Gasteiger partial charge is 0.458 e. The molecule has 2 unspecified atom stereocenters. The molecular weight excluding hydrogens is 605 g/mol. The molecule has 3 N–H and O–H groups in total. The summed E-state index contributed by atoms with van der Waals surface area (Å²) in [6, 6.07) is 2.77. The van der Waals surface area contributed by atoms with Crippen LogP contribution in [0.2, 0.25) is 5.02 Å². The van der Waals surface area contributed by atoms with Crippen LogP contribution in [0.15, 0.2) is 12.1 Å². The minimum absolute atomic E-state index is 0.130. The monoisotopic (exact) mass is 637 g/mol. The van der Waals surface area contributed by atoms with E-state index in [2.05, 4.69) is 20.2 Å². The fourth-order valence-corrected chi connectivity index (χ4v) is 8.20. The van der Waals surface area contributed by atoms with Crippen molar-refractivity contribution >= 4 is 34.1 Å². The van der Waals surface area contributed by atoms with E-state index in [0.717, 1.165) is 38.3 Å². The van der Waals surface area contributed by atoms with E-state index >= 15 is 4.39 Å². The Morgan fingerprint density at radius 1 is 1.14 bits per heavy atom. The maximum Gasteiger partial charge on any atom is 0.418 e. The lowest BCUT2D eigenvalue weighted by Crippen LogP contribution is -2.51. The first-order chi connectivity index (χ1) is 20.8. The van der Waals surface area contributed by atoms with Crippen molar-refractivity contribution in [3.8, 4) is 17.3 Å². The Bertz CT molecular complexity index is 1630. The van der Waals surface area contributed by atoms with Gasteiger partial charge >= 0.3 is 12.2 Å². The lowest BCUT2D eigenvalue weighted by molar-refractivity contribution is -0.137. The third-order valence-electron chi connectivity index (χ3n) is 9.81. The minimum Gasteiger partial charge on any atom is -0.458 e. The second kappa shape index (κ2) is 10.5. The van der Waals surface area contributed by atoms with Gasteiger partial charge in [-0.05, 0) is 63.8 Å². The zero-order valence-electron chi connectivity index (χ0n) is 24.3. The summed E-state index contributed by atoms with van der Waals surface area (Å²) < 4.78 is 80.3. The normalized spacial score (nSPS) is 27.7. The number of hydrogen-bond donors (Lipinski definition) is 2. The number of nitrogen functional groups attached to an aromatic ring is 1. The number of aromatic nitrogens is 3. The summed E-state index contributed by atoms with van der Waals surface area (Å²) in [6.07, 6.45) is -2.45. The van der Waals surface area contributed by atoms with Gasteiger partial charge in [0.1, 0.15) is 29.4 Å². The van der Waals surface area contributed by atoms with Crippen LogP contribution >= 0.6 is 11.6 Å². The van der Waals surface area contributed by atoms with Gasteiger partial charge in [0.25, 0.3) is 0 Å². The second-order valence-corrected chi connectivity index (χ2v) is 13.0. The Morgan fingerprint density at radius 3 is 2.57 bits per heavy atom. The van der Waals surface area contributed by atoms with Crippen LogP contribution < -0.4 is 20.7 Å². The van der Waals surface area contributed by atoms with E-state index in [0.29, 0.717) is 31.9 Å². The summed E-state index contributed by atoms with van der Waals surface area (Å²) >= 11 is 6.59. The number of pyridine rings is 1. The highest BCUT2D eigenvalue weighted by molar-refractivity contribution is 6.34. The summed E-state index contributed by atoms with van der Waals surface area (Å²) in [5, 5.41) is 3.52. The summed E-state index contributed by atoms with van der Waals surface area (Å²) in [5.41, 5.74) is 2.44. The lowest BCUT2D eigenvalue weighted by atomic mass is 9.88. The van der Waals surface area contributed by atoms with E-state index < -0.39 is 46.6 Å². The average molecular weight is 638 g/mol. The van der Waals surface area contributed by atoms with E-state index in [9.17, 15) is 17.6 Å². The Labute approximate surface area is 256 Å². The Morgan fingerprint density at radius 2 is 1.86 bits per heavy atom. The number of hydrogen-bond acceptors (Lipinski definition) is 8. The molecule has 0 aliphatic carbocycles. The van der Waals surface area contributed by atoms with Crippen LogP contribution in [0.3, 0.4) is 0 Å². The summed E-state index contributed by atoms with van der Waals surface area (Å²) in [7, 11) is 0. The zero-order valence-corrected chi connectivity index (χ0v) is 25.1. The van der Waals surface area contributed by atoms with Gasteiger partial charge in [-0.25, -0.2) is 13.8 Å². The first-order valence-electron chi connectivity index (χ1n) is 15.0. The molecule has 4 fully saturated rings. The molecule has 1 aromatic carbocycles. The van der Waals surface area contributed by atoms with E-state index in [-0.39, 0.29) is 45.4 Å². The van der Waals surface area contributed by atoms with Crippen molar-refractivity contribution in [2.45, 2.75) is 82.0 Å². The molecule has 3 aromatic rings. The van der Waals surface area contributed by atoms with Crippen molar-refractivity contribution in [1.82, 2.24) is 25.2 Å². The van der Waals surface area contributed by atoms with Gasteiger partial charge in [0, 0.05) is 43.5 Å². The van der Waals surface area contributed by atoms with E-state index in [1.54, 1.807) is 0 Å². The third kappa shape index (κ3) is 4.82. The molecule has 2 bridgehead atoms. The second-order valence-electron chi connectivity index (χ2n) is 12.6. The van der Waals surface area contributed by atoms with Crippen LogP contribution in [-0.4, -0.2) is 75.9 Å². The molecule has 0 saturated carbocycles. The zero-order chi connectivity index (χ0) is 31.1. The molecule has 4 saturated heterocycles. The number of ether oxygens (including phenoxy) is 1. The highest BCUT2D eigenvalue weighted by Gasteiger charge is 2.53. The Kier molecular flexibility index (Phi) is 7.09. The molecular formula is C30H33ClF5N7O. The number of alkyl halides is 4. The molecule has 6 heterocycles. The highest BCUT2D eigenvalue weighted by atomic mass is 35.5. The summed E-state index contributed by atoms with van der Waals surface area (Å²) in [6.45, 7) is 5.34. The van der Waals surface area contributed by atoms with Gasteiger partial charge in [0.15, 0.2) is 5.82 Å². The molecule has 5 atom stereocenters. The van der Waals surface area contributed by atoms with Crippen LogP contribution in [-0.2, 0) is 6.18 Å². The predicted molar refractivity (Wildman–Crippen MR) is 157 cm³/mol. The number of nitrogens with two attached hydrogens (primary N) is 1. The van der Waals surface area contributed by atoms with Crippen molar-refractivity contribution in [2.75, 3.05) is 36.8 Å². The smallest absolute Gasteiger partial charge is 0.418 e. The van der Waals surface area contributed by atoms with Gasteiger partial charge in [-0.15, -0.1) is 0 Å². The molecule has 8 nitrogen and oxygen atoms in total. The van der Waals surface area contributed by atoms with Crippen molar-refractivity contribution in [1.29, 1.82) is 0 Å². The topological polar surface area (TPSA) is 92.4 Å². The number of rotatable bonds is 5. The molecule has 7 rings (SSSR count). The van der Waals surface area contributed by atoms with Crippen LogP contribution in [0.25, 0.3) is 22.2 Å². The van der Waals surface area contributed by atoms with E-state index in [1.165, 1.54) is 13.0 Å². The lowest BCUT2D eigenvalue weighted by Gasteiger charge is -2.37. The molecule has 4 aliphatic heterocycles. The number of halogens is 6. The number of nitrogens with zero attached hydrogens (tertiary/aromatic N) is 5. The predicted octanol–water partition coefficient (Wildman–Crippen LogP) is 5.68. The van der Waals surface area contributed by atoms with Crippen molar-refractivity contribution in [3.63, 3.8) is 0 Å². The number of anilines is 2. The number of piperazine rings is 1. The molecule has 0 spiro atoms. The average Bonchev–Trinajstić information content (AvgIpc) is 3.58. The Balaban J connectivity index is 1.40. The molecule has 4 aliphatic rings. The van der Waals surface area contributed by atoms with Crippen LogP contribution in [0.1, 0.15) is 50.2 Å². The summed E-state index contributed by atoms with van der Waals surface area (Å²) in [4.78, 5) is 17.2. The first-order valence-corrected chi connectivity index (χ1v) is 15.3. The van der Waals surface area contributed by atoms with Crippen LogP contribution in [0.4, 0.5) is 33.6 Å². The quantitative estimate of drug-likeness (QED) is 0.346. The first kappa shape index (κ1) is 29.7. The molecule has 2 aromatic heterocycles. The Hall–Kier alpha value is -3.03. The number of nitrogens with one attached hydrogen (secondary N) is 1. The van der Waals surface area contributed by atoms with Crippen molar-refractivity contribution in [3.05, 3.63) is 34.1 Å². The van der Waals surface area contributed by atoms with Gasteiger partial charge in [-0.3, -0.25) is 4.90 Å². The number of aryl methyl sites for hydroxylation is 1. The van der Waals surface area contributed by atoms with E-state index in [1.807, 2.05) is 11.8 Å². The fraction of sp³-hybridized carbons (Fsp3) is 0.567. The molecule has 14 heteroatoms. The fourth-order valence-electron chi connectivity index (χ4n) is 7.92. The third-order valence-corrected chi connectivity index (χ3v) is 10.1. The van der Waals surface area contributed by atoms with Gasteiger partial charge in [0.2, 0.25) is 0 Å². The summed E-state index contributed by atoms with van der Waals surface area (Å²) in [5.74, 6) is -0.909. The van der Waals surface area contributed by atoms with Gasteiger partial charge < -0.3 is 20.7 Å². The maximum atomic E-state index is 16.7. The van der Waals surface area contributed by atoms with E-state index in [4.69, 9.17) is 27.1 Å². The molecule has 236 valence electrons. The SMILES string of the molecule is Cc1cc(N)nc(-c2c(Cl)cc3c(N4CC5CCC(C4)N5)nc(O[C@@H](C)[C@]45CCCN4C[C@H](F)C5)nc3c2F)c1C(F)(F)F. The van der Waals surface area contributed by atoms with Crippen LogP contribution in [0, 0.1) is 12.7 Å². The number of benzene rings is 1. The molecule has 0 amide bonds. The minimum atomic E-state index is -4.85. The number of fused-ring (bicyclic) bond motifs is 4. The van der Waals surface area contributed by atoms with Crippen molar-refractivity contribution in [2.24, 2.45) is 0 Å². The molecule has 44 heavy (non-hydrogen) atoms.